The van der Waals surface area contributed by atoms with Gasteiger partial charge in [0.15, 0.2) is 0 Å². The van der Waals surface area contributed by atoms with Crippen molar-refractivity contribution in [2.45, 2.75) is 26.3 Å². The number of nitrogens with two attached hydrogens (primary N) is 1. The van der Waals surface area contributed by atoms with Gasteiger partial charge in [-0.1, -0.05) is 13.8 Å². The standard InChI is InChI=1S/C12H28N4O/c1-5-14-11(12(13)17)10-16(6-2)9-7-8-15(3)4/h11,14H,5-10H2,1-4H3,(H2,13,17). The molecule has 0 aromatic rings. The average molecular weight is 244 g/mol. The molecule has 0 saturated heterocycles. The second-order valence-electron chi connectivity index (χ2n) is 4.56. The van der Waals surface area contributed by atoms with E-state index in [1.807, 2.05) is 6.92 Å². The monoisotopic (exact) mass is 244 g/mol. The summed E-state index contributed by atoms with van der Waals surface area (Å²) in [6.45, 7) is 8.58. The molecule has 1 atom stereocenters. The molecule has 0 heterocycles. The van der Waals surface area contributed by atoms with Gasteiger partial charge in [-0.25, -0.2) is 0 Å². The van der Waals surface area contributed by atoms with E-state index in [1.165, 1.54) is 0 Å². The molecule has 5 heteroatoms. The van der Waals surface area contributed by atoms with Crippen LogP contribution in [0.4, 0.5) is 0 Å². The number of likely N-dealkylation sites (N-methyl/N-ethyl adjacent to an activating group) is 2. The summed E-state index contributed by atoms with van der Waals surface area (Å²) in [5.41, 5.74) is 5.37. The van der Waals surface area contributed by atoms with Crippen molar-refractivity contribution in [3.05, 3.63) is 0 Å². The average Bonchev–Trinajstić information content (AvgIpc) is 2.25. The largest absolute Gasteiger partial charge is 0.368 e. The lowest BCUT2D eigenvalue weighted by Crippen LogP contribution is -2.49. The number of hydrogen-bond acceptors (Lipinski definition) is 4. The van der Waals surface area contributed by atoms with E-state index in [9.17, 15) is 4.79 Å². The highest BCUT2D eigenvalue weighted by Crippen LogP contribution is 1.96. The molecule has 0 rings (SSSR count). The molecule has 3 N–H and O–H groups in total. The third kappa shape index (κ3) is 8.12. The van der Waals surface area contributed by atoms with Crippen LogP contribution in [0.1, 0.15) is 20.3 Å². The Kier molecular flexibility index (Phi) is 9.03. The summed E-state index contributed by atoms with van der Waals surface area (Å²) in [4.78, 5) is 15.7. The second kappa shape index (κ2) is 9.39. The van der Waals surface area contributed by atoms with Crippen LogP contribution in [0.3, 0.4) is 0 Å². The van der Waals surface area contributed by atoms with Crippen molar-refractivity contribution >= 4 is 5.91 Å². The highest BCUT2D eigenvalue weighted by Gasteiger charge is 2.16. The number of nitrogens with zero attached hydrogens (tertiary/aromatic N) is 2. The highest BCUT2D eigenvalue weighted by molar-refractivity contribution is 5.80. The smallest absolute Gasteiger partial charge is 0.235 e. The molecule has 0 aliphatic rings. The van der Waals surface area contributed by atoms with Crippen molar-refractivity contribution in [2.75, 3.05) is 46.8 Å². The van der Waals surface area contributed by atoms with E-state index in [0.717, 1.165) is 32.6 Å². The second-order valence-corrected chi connectivity index (χ2v) is 4.56. The van der Waals surface area contributed by atoms with Crippen molar-refractivity contribution in [1.29, 1.82) is 0 Å². The third-order valence-corrected chi connectivity index (χ3v) is 2.76. The zero-order chi connectivity index (χ0) is 13.3. The predicted octanol–water partition coefficient (Wildman–Crippen LogP) is -0.277. The molecule has 0 fully saturated rings. The Hall–Kier alpha value is -0.650. The number of amides is 1. The molecule has 17 heavy (non-hydrogen) atoms. The topological polar surface area (TPSA) is 61.6 Å². The van der Waals surface area contributed by atoms with Crippen LogP contribution in [0.15, 0.2) is 0 Å². The van der Waals surface area contributed by atoms with Crippen molar-refractivity contribution in [3.8, 4) is 0 Å². The molecule has 0 aromatic carbocycles. The minimum atomic E-state index is -0.266. The van der Waals surface area contributed by atoms with Crippen LogP contribution in [0.2, 0.25) is 0 Å². The molecule has 5 nitrogen and oxygen atoms in total. The Morgan fingerprint density at radius 3 is 2.35 bits per heavy atom. The Bertz CT molecular complexity index is 209. The highest BCUT2D eigenvalue weighted by atomic mass is 16.1. The molecule has 0 bridgehead atoms. The summed E-state index contributed by atoms with van der Waals surface area (Å²) in [5, 5.41) is 3.12. The first-order chi connectivity index (χ1) is 8.01. The van der Waals surface area contributed by atoms with Gasteiger partial charge in [0.05, 0.1) is 6.04 Å². The number of hydrogen-bond donors (Lipinski definition) is 2. The fraction of sp³-hybridized carbons (Fsp3) is 0.917. The fourth-order valence-electron chi connectivity index (χ4n) is 1.75. The number of carbonyl (C=O) groups excluding carboxylic acids is 1. The first kappa shape index (κ1) is 16.4. The lowest BCUT2D eigenvalue weighted by molar-refractivity contribution is -0.120. The van der Waals surface area contributed by atoms with Crippen LogP contribution in [0.25, 0.3) is 0 Å². The SMILES string of the molecule is CCNC(CN(CC)CCCN(C)C)C(N)=O. The summed E-state index contributed by atoms with van der Waals surface area (Å²) in [7, 11) is 4.14. The Morgan fingerprint density at radius 2 is 1.94 bits per heavy atom. The number of carbonyl (C=O) groups is 1. The lowest BCUT2D eigenvalue weighted by Gasteiger charge is -2.25. The number of primary amides is 1. The summed E-state index contributed by atoms with van der Waals surface area (Å²) in [6.07, 6.45) is 1.11. The van der Waals surface area contributed by atoms with E-state index in [2.05, 4.69) is 36.1 Å². The summed E-state index contributed by atoms with van der Waals surface area (Å²) >= 11 is 0. The van der Waals surface area contributed by atoms with E-state index in [4.69, 9.17) is 5.73 Å². The van der Waals surface area contributed by atoms with Crippen molar-refractivity contribution in [3.63, 3.8) is 0 Å². The van der Waals surface area contributed by atoms with Gasteiger partial charge in [0.1, 0.15) is 0 Å². The van der Waals surface area contributed by atoms with Crippen molar-refractivity contribution in [2.24, 2.45) is 5.73 Å². The summed E-state index contributed by atoms with van der Waals surface area (Å²) in [6, 6.07) is -0.237. The van der Waals surface area contributed by atoms with Gasteiger partial charge in [0.2, 0.25) is 5.91 Å². The Labute approximate surface area is 105 Å². The van der Waals surface area contributed by atoms with Crippen LogP contribution in [-0.4, -0.2) is 68.6 Å². The Balaban J connectivity index is 4.03. The maximum absolute atomic E-state index is 11.2. The first-order valence-electron chi connectivity index (χ1n) is 6.41. The van der Waals surface area contributed by atoms with Crippen molar-refractivity contribution < 1.29 is 4.79 Å². The van der Waals surface area contributed by atoms with Crippen LogP contribution >= 0.6 is 0 Å². The van der Waals surface area contributed by atoms with Gasteiger partial charge >= 0.3 is 0 Å². The zero-order valence-corrected chi connectivity index (χ0v) is 11.7. The molecule has 0 saturated carbocycles. The van der Waals surface area contributed by atoms with E-state index < -0.39 is 0 Å². The van der Waals surface area contributed by atoms with E-state index in [1.54, 1.807) is 0 Å². The van der Waals surface area contributed by atoms with Gasteiger partial charge in [-0.2, -0.15) is 0 Å². The quantitative estimate of drug-likeness (QED) is 0.555. The van der Waals surface area contributed by atoms with Gasteiger partial charge in [-0.05, 0) is 46.7 Å². The maximum atomic E-state index is 11.2. The first-order valence-corrected chi connectivity index (χ1v) is 6.41. The molecule has 102 valence electrons. The van der Waals surface area contributed by atoms with E-state index >= 15 is 0 Å². The summed E-state index contributed by atoms with van der Waals surface area (Å²) < 4.78 is 0. The molecule has 0 radical (unpaired) electrons. The summed E-state index contributed by atoms with van der Waals surface area (Å²) in [5.74, 6) is -0.266. The van der Waals surface area contributed by atoms with Crippen LogP contribution in [0, 0.1) is 0 Å². The van der Waals surface area contributed by atoms with Crippen LogP contribution < -0.4 is 11.1 Å². The van der Waals surface area contributed by atoms with Gasteiger partial charge in [0.25, 0.3) is 0 Å². The minimum absolute atomic E-state index is 0.237. The molecule has 0 aromatic heterocycles. The maximum Gasteiger partial charge on any atom is 0.235 e. The van der Waals surface area contributed by atoms with Gasteiger partial charge in [-0.15, -0.1) is 0 Å². The van der Waals surface area contributed by atoms with E-state index in [-0.39, 0.29) is 11.9 Å². The molecule has 0 spiro atoms. The van der Waals surface area contributed by atoms with Gasteiger partial charge < -0.3 is 20.9 Å². The molecule has 1 unspecified atom stereocenters. The minimum Gasteiger partial charge on any atom is -0.368 e. The number of nitrogens with one attached hydrogen (secondary N) is 1. The van der Waals surface area contributed by atoms with E-state index in [0.29, 0.717) is 6.54 Å². The third-order valence-electron chi connectivity index (χ3n) is 2.76. The Morgan fingerprint density at radius 1 is 1.29 bits per heavy atom. The molecule has 0 aliphatic heterocycles. The van der Waals surface area contributed by atoms with Crippen LogP contribution in [0.5, 0.6) is 0 Å². The van der Waals surface area contributed by atoms with Gasteiger partial charge in [0, 0.05) is 6.54 Å². The fourth-order valence-corrected chi connectivity index (χ4v) is 1.75. The predicted molar refractivity (Wildman–Crippen MR) is 71.9 cm³/mol. The normalized spacial score (nSPS) is 13.3. The van der Waals surface area contributed by atoms with Crippen LogP contribution in [-0.2, 0) is 4.79 Å². The molecular weight excluding hydrogens is 216 g/mol. The van der Waals surface area contributed by atoms with Crippen molar-refractivity contribution in [1.82, 2.24) is 15.1 Å². The lowest BCUT2D eigenvalue weighted by atomic mass is 10.2. The zero-order valence-electron chi connectivity index (χ0n) is 11.7. The number of rotatable bonds is 10. The van der Waals surface area contributed by atoms with Gasteiger partial charge in [-0.3, -0.25) is 4.79 Å². The molecular formula is C12H28N4O. The molecule has 0 aliphatic carbocycles. The molecule has 1 amide bonds.